The number of hydrogen-bond acceptors (Lipinski definition) is 6. The van der Waals surface area contributed by atoms with Crippen LogP contribution in [0.4, 0.5) is 10.9 Å². The van der Waals surface area contributed by atoms with Crippen molar-refractivity contribution in [3.05, 3.63) is 33.9 Å². The maximum atomic E-state index is 9.70. The first-order valence-corrected chi connectivity index (χ1v) is 10.8. The van der Waals surface area contributed by atoms with E-state index >= 15 is 0 Å². The highest BCUT2D eigenvalue weighted by Crippen LogP contribution is 2.44. The van der Waals surface area contributed by atoms with Crippen LogP contribution in [0.2, 0.25) is 0 Å². The van der Waals surface area contributed by atoms with Gasteiger partial charge in [0.25, 0.3) is 0 Å². The fourth-order valence-electron chi connectivity index (χ4n) is 4.00. The van der Waals surface area contributed by atoms with Gasteiger partial charge in [-0.3, -0.25) is 0 Å². The Morgan fingerprint density at radius 1 is 1.29 bits per heavy atom. The molecule has 2 aromatic rings. The van der Waals surface area contributed by atoms with E-state index < -0.39 is 0 Å². The molecule has 1 aliphatic carbocycles. The lowest BCUT2D eigenvalue weighted by Crippen LogP contribution is -2.35. The molecule has 1 aliphatic heterocycles. The quantitative estimate of drug-likeness (QED) is 0.688. The molecule has 2 aliphatic rings. The summed E-state index contributed by atoms with van der Waals surface area (Å²) in [6.45, 7) is 10.1. The largest absolute Gasteiger partial charge is 0.440 e. The summed E-state index contributed by atoms with van der Waals surface area (Å²) in [6.07, 6.45) is 4.92. The predicted molar refractivity (Wildman–Crippen MR) is 113 cm³/mol. The van der Waals surface area contributed by atoms with Crippen LogP contribution in [-0.4, -0.2) is 32.5 Å². The average Bonchev–Trinajstić information content (AvgIpc) is 3.30. The van der Waals surface area contributed by atoms with Crippen molar-refractivity contribution in [1.29, 1.82) is 5.26 Å². The molecule has 2 aromatic heterocycles. The fraction of sp³-hybridized carbons (Fsp3) is 0.545. The number of anilines is 1. The van der Waals surface area contributed by atoms with Crippen LogP contribution < -0.4 is 4.90 Å². The molecule has 0 aromatic carbocycles. The van der Waals surface area contributed by atoms with Crippen molar-refractivity contribution in [3.8, 4) is 6.07 Å². The summed E-state index contributed by atoms with van der Waals surface area (Å²) in [7, 11) is 0. The summed E-state index contributed by atoms with van der Waals surface area (Å²) >= 11 is 1.67. The zero-order chi connectivity index (χ0) is 19.7. The third-order valence-electron chi connectivity index (χ3n) is 5.83. The van der Waals surface area contributed by atoms with E-state index in [1.165, 1.54) is 10.4 Å². The maximum absolute atomic E-state index is 9.70. The Kier molecular flexibility index (Phi) is 5.31. The SMILES string of the molecule is CC(C)(C)[C@H]1CCc2c(sc(N=Cc3ccc(N4CCOCC4)o3)c2C#N)C1. The lowest BCUT2D eigenvalue weighted by Gasteiger charge is -2.33. The molecule has 0 saturated carbocycles. The molecule has 28 heavy (non-hydrogen) atoms. The Morgan fingerprint density at radius 2 is 2.07 bits per heavy atom. The number of nitriles is 1. The maximum Gasteiger partial charge on any atom is 0.196 e. The zero-order valence-corrected chi connectivity index (χ0v) is 17.6. The van der Waals surface area contributed by atoms with Crippen LogP contribution in [0, 0.1) is 22.7 Å². The molecule has 0 radical (unpaired) electrons. The van der Waals surface area contributed by atoms with E-state index in [1.54, 1.807) is 17.6 Å². The monoisotopic (exact) mass is 397 g/mol. The second-order valence-electron chi connectivity index (χ2n) is 8.64. The van der Waals surface area contributed by atoms with Gasteiger partial charge in [0.15, 0.2) is 5.88 Å². The molecule has 1 fully saturated rings. The molecule has 1 atom stereocenters. The minimum Gasteiger partial charge on any atom is -0.440 e. The molecule has 6 heteroatoms. The smallest absolute Gasteiger partial charge is 0.196 e. The Morgan fingerprint density at radius 3 is 2.79 bits per heavy atom. The Balaban J connectivity index is 1.53. The van der Waals surface area contributed by atoms with Crippen LogP contribution in [-0.2, 0) is 17.6 Å². The van der Waals surface area contributed by atoms with E-state index in [4.69, 9.17) is 9.15 Å². The molecule has 0 bridgehead atoms. The van der Waals surface area contributed by atoms with E-state index in [0.717, 1.165) is 62.0 Å². The fourth-order valence-corrected chi connectivity index (χ4v) is 5.23. The summed E-state index contributed by atoms with van der Waals surface area (Å²) in [5.74, 6) is 2.22. The lowest BCUT2D eigenvalue weighted by molar-refractivity contribution is 0.120. The van der Waals surface area contributed by atoms with Gasteiger partial charge in [-0.15, -0.1) is 11.3 Å². The number of thiophene rings is 1. The van der Waals surface area contributed by atoms with Gasteiger partial charge in [-0.25, -0.2) is 4.99 Å². The Hall–Kier alpha value is -2.10. The van der Waals surface area contributed by atoms with Crippen molar-refractivity contribution in [2.45, 2.75) is 40.0 Å². The van der Waals surface area contributed by atoms with Crippen molar-refractivity contribution >= 4 is 28.4 Å². The van der Waals surface area contributed by atoms with Crippen LogP contribution >= 0.6 is 11.3 Å². The van der Waals surface area contributed by atoms with Crippen molar-refractivity contribution in [3.63, 3.8) is 0 Å². The molecule has 0 unspecified atom stereocenters. The summed E-state index contributed by atoms with van der Waals surface area (Å²) in [5.41, 5.74) is 2.26. The molecule has 0 amide bonds. The molecule has 0 spiro atoms. The van der Waals surface area contributed by atoms with Crippen LogP contribution in [0.25, 0.3) is 0 Å². The van der Waals surface area contributed by atoms with Gasteiger partial charge in [0, 0.05) is 24.0 Å². The first-order valence-electron chi connectivity index (χ1n) is 9.97. The number of hydrogen-bond donors (Lipinski definition) is 0. The predicted octanol–water partition coefficient (Wildman–Crippen LogP) is 4.95. The number of furan rings is 1. The van der Waals surface area contributed by atoms with E-state index in [1.807, 2.05) is 12.1 Å². The molecule has 4 rings (SSSR count). The Bertz CT molecular complexity index is 907. The van der Waals surface area contributed by atoms with Crippen molar-refractivity contribution in [1.82, 2.24) is 0 Å². The minimum atomic E-state index is 0.294. The summed E-state index contributed by atoms with van der Waals surface area (Å²) in [5, 5.41) is 10.5. The summed E-state index contributed by atoms with van der Waals surface area (Å²) in [4.78, 5) is 8.15. The van der Waals surface area contributed by atoms with E-state index in [-0.39, 0.29) is 0 Å². The van der Waals surface area contributed by atoms with E-state index in [9.17, 15) is 5.26 Å². The third kappa shape index (κ3) is 3.87. The lowest BCUT2D eigenvalue weighted by atomic mass is 9.72. The number of morpholine rings is 1. The van der Waals surface area contributed by atoms with Crippen LogP contribution in [0.3, 0.4) is 0 Å². The van der Waals surface area contributed by atoms with Crippen molar-refractivity contribution < 1.29 is 9.15 Å². The molecular formula is C22H27N3O2S. The van der Waals surface area contributed by atoms with Crippen LogP contribution in [0.15, 0.2) is 21.5 Å². The third-order valence-corrected chi connectivity index (χ3v) is 6.99. The standard InChI is InChI=1S/C22H27N3O2S/c1-22(2,3)15-4-6-17-18(13-23)21(28-19(17)12-15)24-14-16-5-7-20(27-16)25-8-10-26-11-9-25/h5,7,14-15H,4,6,8-12H2,1-3H3/t15-/m0/s1. The molecule has 148 valence electrons. The first-order chi connectivity index (χ1) is 13.5. The molecule has 3 heterocycles. The second-order valence-corrected chi connectivity index (χ2v) is 9.72. The van der Waals surface area contributed by atoms with Gasteiger partial charge in [-0.05, 0) is 42.2 Å². The van der Waals surface area contributed by atoms with Crippen LogP contribution in [0.1, 0.15) is 49.0 Å². The molecular weight excluding hydrogens is 370 g/mol. The van der Waals surface area contributed by atoms with Gasteiger partial charge in [0.2, 0.25) is 0 Å². The van der Waals surface area contributed by atoms with Gasteiger partial charge in [-0.1, -0.05) is 20.8 Å². The van der Waals surface area contributed by atoms with Gasteiger partial charge in [-0.2, -0.15) is 5.26 Å². The zero-order valence-electron chi connectivity index (χ0n) is 16.8. The summed E-state index contributed by atoms with van der Waals surface area (Å²) < 4.78 is 11.3. The number of nitrogens with zero attached hydrogens (tertiary/aromatic N) is 3. The van der Waals surface area contributed by atoms with Crippen LogP contribution in [0.5, 0.6) is 0 Å². The van der Waals surface area contributed by atoms with E-state index in [2.05, 4.69) is 36.7 Å². The number of rotatable bonds is 3. The number of fused-ring (bicyclic) bond motifs is 1. The molecule has 1 saturated heterocycles. The van der Waals surface area contributed by atoms with Gasteiger partial charge < -0.3 is 14.1 Å². The second kappa shape index (κ2) is 7.73. The van der Waals surface area contributed by atoms with Gasteiger partial charge in [0.1, 0.15) is 16.8 Å². The number of aliphatic imine (C=N–C) groups is 1. The molecule has 0 N–H and O–H groups in total. The van der Waals surface area contributed by atoms with Crippen molar-refractivity contribution in [2.75, 3.05) is 31.2 Å². The van der Waals surface area contributed by atoms with Gasteiger partial charge >= 0.3 is 0 Å². The highest BCUT2D eigenvalue weighted by Gasteiger charge is 2.32. The topological polar surface area (TPSA) is 61.8 Å². The Labute approximate surface area is 170 Å². The minimum absolute atomic E-state index is 0.294. The normalized spacial score (nSPS) is 20.4. The highest BCUT2D eigenvalue weighted by atomic mass is 32.1. The van der Waals surface area contributed by atoms with Crippen molar-refractivity contribution in [2.24, 2.45) is 16.3 Å². The highest BCUT2D eigenvalue weighted by molar-refractivity contribution is 7.16. The molecule has 5 nitrogen and oxygen atoms in total. The summed E-state index contributed by atoms with van der Waals surface area (Å²) in [6, 6.07) is 6.31. The van der Waals surface area contributed by atoms with Gasteiger partial charge in [0.05, 0.1) is 25.0 Å². The first kappa shape index (κ1) is 19.2. The average molecular weight is 398 g/mol. The number of ether oxygens (including phenoxy) is 1. The van der Waals surface area contributed by atoms with E-state index in [0.29, 0.717) is 17.1 Å².